The molecule has 1 atom stereocenters. The van der Waals surface area contributed by atoms with Crippen molar-refractivity contribution in [2.45, 2.75) is 32.4 Å². The van der Waals surface area contributed by atoms with Gasteiger partial charge in [-0.1, -0.05) is 18.2 Å². The molecule has 1 aromatic heterocycles. The highest BCUT2D eigenvalue weighted by Crippen LogP contribution is 2.29. The number of amides is 1. The summed E-state index contributed by atoms with van der Waals surface area (Å²) < 4.78 is 5.57. The predicted molar refractivity (Wildman–Crippen MR) is 86.8 cm³/mol. The van der Waals surface area contributed by atoms with Crippen LogP contribution in [0.1, 0.15) is 32.4 Å². The fourth-order valence-electron chi connectivity index (χ4n) is 2.91. The first kappa shape index (κ1) is 14.9. The van der Waals surface area contributed by atoms with Crippen molar-refractivity contribution in [3.63, 3.8) is 0 Å². The fourth-order valence-corrected chi connectivity index (χ4v) is 2.91. The lowest BCUT2D eigenvalue weighted by Gasteiger charge is -2.37. The van der Waals surface area contributed by atoms with Crippen molar-refractivity contribution in [1.82, 2.24) is 15.2 Å². The Morgan fingerprint density at radius 2 is 2.14 bits per heavy atom. The van der Waals surface area contributed by atoms with E-state index in [4.69, 9.17) is 4.74 Å². The Hall–Kier alpha value is -2.01. The van der Waals surface area contributed by atoms with E-state index in [9.17, 15) is 4.79 Å². The Balaban J connectivity index is 1.93. The van der Waals surface area contributed by atoms with Gasteiger partial charge in [0, 0.05) is 31.4 Å². The van der Waals surface area contributed by atoms with E-state index in [1.54, 1.807) is 0 Å². The number of H-pyrrole nitrogens is 1. The maximum Gasteiger partial charge on any atom is 0.410 e. The molecule has 0 radical (unpaired) electrons. The van der Waals surface area contributed by atoms with Gasteiger partial charge in [-0.2, -0.15) is 0 Å². The summed E-state index contributed by atoms with van der Waals surface area (Å²) in [6.45, 7) is 7.86. The van der Waals surface area contributed by atoms with Gasteiger partial charge >= 0.3 is 6.09 Å². The molecule has 0 saturated carbocycles. The lowest BCUT2D eigenvalue weighted by atomic mass is 10.0. The number of hydrogen-bond donors (Lipinski definition) is 2. The summed E-state index contributed by atoms with van der Waals surface area (Å²) >= 11 is 0. The maximum atomic E-state index is 12.5. The van der Waals surface area contributed by atoms with Crippen LogP contribution >= 0.6 is 0 Å². The van der Waals surface area contributed by atoms with Gasteiger partial charge < -0.3 is 15.0 Å². The van der Waals surface area contributed by atoms with E-state index in [1.807, 2.05) is 44.0 Å². The van der Waals surface area contributed by atoms with Crippen molar-refractivity contribution >= 4 is 17.0 Å². The lowest BCUT2D eigenvalue weighted by molar-refractivity contribution is 0.0119. The molecule has 2 aromatic rings. The zero-order valence-corrected chi connectivity index (χ0v) is 13.3. The van der Waals surface area contributed by atoms with Crippen LogP contribution in [-0.2, 0) is 4.74 Å². The molecule has 1 saturated heterocycles. The first-order valence-corrected chi connectivity index (χ1v) is 7.72. The Morgan fingerprint density at radius 3 is 2.91 bits per heavy atom. The number of piperazine rings is 1. The van der Waals surface area contributed by atoms with Crippen molar-refractivity contribution in [2.24, 2.45) is 0 Å². The highest BCUT2D eigenvalue weighted by atomic mass is 16.6. The van der Waals surface area contributed by atoms with Gasteiger partial charge in [-0.25, -0.2) is 4.79 Å². The standard InChI is InChI=1S/C17H23N3O2/c1-17(2,3)22-16(21)20-10-9-18-11-14(20)13-6-4-5-12-7-8-19-15(12)13/h4-8,14,18-19H,9-11H2,1-3H3. The number of ether oxygens (including phenoxy) is 1. The van der Waals surface area contributed by atoms with Crippen molar-refractivity contribution in [1.29, 1.82) is 0 Å². The molecule has 1 fully saturated rings. The molecule has 5 nitrogen and oxygen atoms in total. The molecule has 5 heteroatoms. The fraction of sp³-hybridized carbons (Fsp3) is 0.471. The minimum absolute atomic E-state index is 0.0223. The van der Waals surface area contributed by atoms with Crippen molar-refractivity contribution in [3.8, 4) is 0 Å². The van der Waals surface area contributed by atoms with Crippen LogP contribution in [0.5, 0.6) is 0 Å². The summed E-state index contributed by atoms with van der Waals surface area (Å²) in [6.07, 6.45) is 1.69. The Bertz CT molecular complexity index is 672. The molecular weight excluding hydrogens is 278 g/mol. The number of fused-ring (bicyclic) bond motifs is 1. The Kier molecular flexibility index (Phi) is 3.83. The van der Waals surface area contributed by atoms with Gasteiger partial charge in [-0.3, -0.25) is 4.90 Å². The number of aromatic amines is 1. The zero-order valence-electron chi connectivity index (χ0n) is 13.3. The molecular formula is C17H23N3O2. The first-order chi connectivity index (χ1) is 10.5. The highest BCUT2D eigenvalue weighted by Gasteiger charge is 2.32. The van der Waals surface area contributed by atoms with Crippen LogP contribution in [0.4, 0.5) is 4.79 Å². The SMILES string of the molecule is CC(C)(C)OC(=O)N1CCNCC1c1cccc2cc[nH]c12. The minimum atomic E-state index is -0.481. The van der Waals surface area contributed by atoms with E-state index < -0.39 is 5.60 Å². The van der Waals surface area contributed by atoms with Gasteiger partial charge in [0.15, 0.2) is 0 Å². The van der Waals surface area contributed by atoms with Crippen molar-refractivity contribution < 1.29 is 9.53 Å². The zero-order chi connectivity index (χ0) is 15.7. The second-order valence-corrected chi connectivity index (χ2v) is 6.68. The molecule has 1 aliphatic heterocycles. The molecule has 3 rings (SSSR count). The number of nitrogens with zero attached hydrogens (tertiary/aromatic N) is 1. The van der Waals surface area contributed by atoms with Crippen LogP contribution in [0.3, 0.4) is 0 Å². The van der Waals surface area contributed by atoms with E-state index >= 15 is 0 Å². The van der Waals surface area contributed by atoms with E-state index in [0.29, 0.717) is 6.54 Å². The number of para-hydroxylation sites is 1. The van der Waals surface area contributed by atoms with Crippen molar-refractivity contribution in [3.05, 3.63) is 36.0 Å². The molecule has 22 heavy (non-hydrogen) atoms. The molecule has 0 aliphatic carbocycles. The molecule has 1 unspecified atom stereocenters. The number of carbonyl (C=O) groups is 1. The second-order valence-electron chi connectivity index (χ2n) is 6.68. The van der Waals surface area contributed by atoms with Crippen LogP contribution in [-0.4, -0.2) is 41.2 Å². The van der Waals surface area contributed by atoms with E-state index in [0.717, 1.165) is 29.6 Å². The van der Waals surface area contributed by atoms with Crippen LogP contribution in [0, 0.1) is 0 Å². The average molecular weight is 301 g/mol. The summed E-state index contributed by atoms with van der Waals surface area (Å²) in [5.41, 5.74) is 1.73. The minimum Gasteiger partial charge on any atom is -0.444 e. The summed E-state index contributed by atoms with van der Waals surface area (Å²) in [5, 5.41) is 4.53. The Morgan fingerprint density at radius 1 is 1.32 bits per heavy atom. The molecule has 1 aliphatic rings. The molecule has 2 N–H and O–H groups in total. The van der Waals surface area contributed by atoms with Gasteiger partial charge in [0.05, 0.1) is 11.6 Å². The molecule has 2 heterocycles. The highest BCUT2D eigenvalue weighted by molar-refractivity contribution is 5.83. The average Bonchev–Trinajstić information content (AvgIpc) is 2.93. The number of hydrogen-bond acceptors (Lipinski definition) is 3. The third-order valence-electron chi connectivity index (χ3n) is 3.85. The monoisotopic (exact) mass is 301 g/mol. The number of benzene rings is 1. The van der Waals surface area contributed by atoms with Crippen LogP contribution < -0.4 is 5.32 Å². The van der Waals surface area contributed by atoms with Crippen LogP contribution in [0.2, 0.25) is 0 Å². The van der Waals surface area contributed by atoms with Gasteiger partial charge in [0.2, 0.25) is 0 Å². The number of carbonyl (C=O) groups excluding carboxylic acids is 1. The summed E-state index contributed by atoms with van der Waals surface area (Å²) in [7, 11) is 0. The quantitative estimate of drug-likeness (QED) is 0.851. The summed E-state index contributed by atoms with van der Waals surface area (Å²) in [6, 6.07) is 8.21. The number of rotatable bonds is 1. The normalized spacial score (nSPS) is 19.4. The molecule has 1 amide bonds. The molecule has 0 spiro atoms. The number of nitrogens with one attached hydrogen (secondary N) is 2. The Labute approximate surface area is 130 Å². The third kappa shape index (κ3) is 2.95. The third-order valence-corrected chi connectivity index (χ3v) is 3.85. The van der Waals surface area contributed by atoms with Gasteiger partial charge in [-0.05, 0) is 32.2 Å². The van der Waals surface area contributed by atoms with E-state index in [2.05, 4.69) is 22.4 Å². The van der Waals surface area contributed by atoms with Crippen LogP contribution in [0.25, 0.3) is 10.9 Å². The van der Waals surface area contributed by atoms with Gasteiger partial charge in [0.1, 0.15) is 5.60 Å². The van der Waals surface area contributed by atoms with E-state index in [1.165, 1.54) is 0 Å². The molecule has 1 aromatic carbocycles. The van der Waals surface area contributed by atoms with Crippen LogP contribution in [0.15, 0.2) is 30.5 Å². The summed E-state index contributed by atoms with van der Waals surface area (Å²) in [4.78, 5) is 17.7. The summed E-state index contributed by atoms with van der Waals surface area (Å²) in [5.74, 6) is 0. The topological polar surface area (TPSA) is 57.4 Å². The first-order valence-electron chi connectivity index (χ1n) is 7.72. The van der Waals surface area contributed by atoms with Gasteiger partial charge in [0.25, 0.3) is 0 Å². The second kappa shape index (κ2) is 5.65. The van der Waals surface area contributed by atoms with E-state index in [-0.39, 0.29) is 12.1 Å². The number of aromatic nitrogens is 1. The smallest absolute Gasteiger partial charge is 0.410 e. The molecule has 0 bridgehead atoms. The maximum absolute atomic E-state index is 12.5. The van der Waals surface area contributed by atoms with Crippen molar-refractivity contribution in [2.75, 3.05) is 19.6 Å². The molecule has 118 valence electrons. The predicted octanol–water partition coefficient (Wildman–Crippen LogP) is 3.05. The largest absolute Gasteiger partial charge is 0.444 e. The van der Waals surface area contributed by atoms with Gasteiger partial charge in [-0.15, -0.1) is 0 Å². The lowest BCUT2D eigenvalue weighted by Crippen LogP contribution is -2.50.